The zero-order chi connectivity index (χ0) is 15.2. The first kappa shape index (κ1) is 14.2. The van der Waals surface area contributed by atoms with E-state index in [9.17, 15) is 0 Å². The van der Waals surface area contributed by atoms with Gasteiger partial charge in [-0.3, -0.25) is 4.98 Å². The number of nitrogens with one attached hydrogen (secondary N) is 2. The third-order valence-corrected chi connectivity index (χ3v) is 3.14. The minimum absolute atomic E-state index is 0.546. The molecular formula is C16H17N5O. The van der Waals surface area contributed by atoms with Gasteiger partial charge in [-0.1, -0.05) is 12.1 Å². The molecule has 6 heteroatoms. The highest BCUT2D eigenvalue weighted by molar-refractivity contribution is 5.90. The number of ether oxygens (including phenoxy) is 1. The van der Waals surface area contributed by atoms with Crippen molar-refractivity contribution in [3.05, 3.63) is 48.8 Å². The Morgan fingerprint density at radius 2 is 1.86 bits per heavy atom. The van der Waals surface area contributed by atoms with Crippen LogP contribution in [0.5, 0.6) is 0 Å². The number of para-hydroxylation sites is 1. The van der Waals surface area contributed by atoms with Crippen LogP contribution in [0.1, 0.15) is 0 Å². The maximum atomic E-state index is 5.07. The van der Waals surface area contributed by atoms with Crippen molar-refractivity contribution in [2.24, 2.45) is 0 Å². The van der Waals surface area contributed by atoms with Crippen LogP contribution in [0, 0.1) is 0 Å². The van der Waals surface area contributed by atoms with Gasteiger partial charge in [0.2, 0.25) is 5.95 Å². The van der Waals surface area contributed by atoms with Crippen LogP contribution in [-0.4, -0.2) is 35.2 Å². The highest BCUT2D eigenvalue weighted by Gasteiger charge is 2.07. The normalized spacial score (nSPS) is 10.6. The maximum absolute atomic E-state index is 5.07. The number of anilines is 3. The van der Waals surface area contributed by atoms with Gasteiger partial charge in [0.05, 0.1) is 12.1 Å². The topological polar surface area (TPSA) is 72.0 Å². The molecule has 0 aliphatic carbocycles. The molecule has 0 fully saturated rings. The Kier molecular flexibility index (Phi) is 4.41. The molecule has 0 radical (unpaired) electrons. The third kappa shape index (κ3) is 3.29. The minimum Gasteiger partial charge on any atom is -0.383 e. The van der Waals surface area contributed by atoms with Gasteiger partial charge in [0.15, 0.2) is 0 Å². The lowest BCUT2D eigenvalue weighted by Crippen LogP contribution is -2.10. The number of pyridine rings is 1. The number of benzene rings is 1. The molecule has 0 saturated heterocycles. The van der Waals surface area contributed by atoms with Crippen molar-refractivity contribution < 1.29 is 4.74 Å². The van der Waals surface area contributed by atoms with Gasteiger partial charge < -0.3 is 15.4 Å². The molecule has 3 aromatic rings. The van der Waals surface area contributed by atoms with E-state index in [1.165, 1.54) is 0 Å². The molecule has 0 aliphatic heterocycles. The summed E-state index contributed by atoms with van der Waals surface area (Å²) in [4.78, 5) is 13.1. The molecule has 0 saturated carbocycles. The molecule has 112 valence electrons. The lowest BCUT2D eigenvalue weighted by atomic mass is 10.2. The largest absolute Gasteiger partial charge is 0.383 e. The zero-order valence-electron chi connectivity index (χ0n) is 12.3. The first-order chi connectivity index (χ1) is 10.9. The van der Waals surface area contributed by atoms with Gasteiger partial charge >= 0.3 is 0 Å². The van der Waals surface area contributed by atoms with Crippen molar-refractivity contribution in [3.63, 3.8) is 0 Å². The van der Waals surface area contributed by atoms with Crippen LogP contribution in [0.4, 0.5) is 17.5 Å². The molecule has 3 rings (SSSR count). The SMILES string of the molecule is COCCNc1nc(Nc2ccncc2)nc2ccccc12. The van der Waals surface area contributed by atoms with E-state index in [0.717, 1.165) is 22.4 Å². The smallest absolute Gasteiger partial charge is 0.229 e. The van der Waals surface area contributed by atoms with Crippen molar-refractivity contribution in [1.29, 1.82) is 0 Å². The van der Waals surface area contributed by atoms with E-state index in [1.807, 2.05) is 36.4 Å². The molecule has 0 aliphatic rings. The predicted octanol–water partition coefficient (Wildman–Crippen LogP) is 2.83. The van der Waals surface area contributed by atoms with Crippen LogP contribution in [0.3, 0.4) is 0 Å². The summed E-state index contributed by atoms with van der Waals surface area (Å²) in [5.74, 6) is 1.34. The van der Waals surface area contributed by atoms with E-state index in [2.05, 4.69) is 25.6 Å². The number of nitrogens with zero attached hydrogens (tertiary/aromatic N) is 3. The molecule has 0 amide bonds. The Bertz CT molecular complexity index is 748. The Hall–Kier alpha value is -2.73. The summed E-state index contributed by atoms with van der Waals surface area (Å²) in [7, 11) is 1.68. The van der Waals surface area contributed by atoms with Gasteiger partial charge in [-0.2, -0.15) is 4.98 Å². The van der Waals surface area contributed by atoms with Gasteiger partial charge in [-0.05, 0) is 24.3 Å². The summed E-state index contributed by atoms with van der Waals surface area (Å²) in [6, 6.07) is 11.7. The van der Waals surface area contributed by atoms with Gasteiger partial charge in [0.1, 0.15) is 5.82 Å². The Labute approximate surface area is 128 Å². The van der Waals surface area contributed by atoms with Gasteiger partial charge in [-0.25, -0.2) is 4.98 Å². The van der Waals surface area contributed by atoms with Crippen molar-refractivity contribution in [2.75, 3.05) is 30.9 Å². The summed E-state index contributed by atoms with van der Waals surface area (Å²) in [6.45, 7) is 1.30. The van der Waals surface area contributed by atoms with E-state index in [0.29, 0.717) is 19.1 Å². The predicted molar refractivity (Wildman–Crippen MR) is 87.4 cm³/mol. The van der Waals surface area contributed by atoms with Crippen LogP contribution < -0.4 is 10.6 Å². The van der Waals surface area contributed by atoms with Crippen LogP contribution >= 0.6 is 0 Å². The summed E-state index contributed by atoms with van der Waals surface area (Å²) < 4.78 is 5.07. The van der Waals surface area contributed by atoms with E-state index in [1.54, 1.807) is 19.5 Å². The first-order valence-corrected chi connectivity index (χ1v) is 7.03. The summed E-state index contributed by atoms with van der Waals surface area (Å²) in [5, 5.41) is 7.46. The second-order valence-electron chi connectivity index (χ2n) is 4.69. The molecule has 0 unspecified atom stereocenters. The average molecular weight is 295 g/mol. The fraction of sp³-hybridized carbons (Fsp3) is 0.188. The zero-order valence-corrected chi connectivity index (χ0v) is 12.3. The van der Waals surface area contributed by atoms with E-state index < -0.39 is 0 Å². The molecule has 1 aromatic carbocycles. The van der Waals surface area contributed by atoms with Gasteiger partial charge in [-0.15, -0.1) is 0 Å². The van der Waals surface area contributed by atoms with E-state index in [4.69, 9.17) is 4.74 Å². The lowest BCUT2D eigenvalue weighted by molar-refractivity contribution is 0.210. The molecule has 0 spiro atoms. The number of aromatic nitrogens is 3. The fourth-order valence-electron chi connectivity index (χ4n) is 2.10. The van der Waals surface area contributed by atoms with Crippen molar-refractivity contribution in [3.8, 4) is 0 Å². The number of hydrogen-bond donors (Lipinski definition) is 2. The number of hydrogen-bond acceptors (Lipinski definition) is 6. The second-order valence-corrected chi connectivity index (χ2v) is 4.69. The molecule has 2 N–H and O–H groups in total. The average Bonchev–Trinajstić information content (AvgIpc) is 2.56. The third-order valence-electron chi connectivity index (χ3n) is 3.14. The molecule has 0 atom stereocenters. The van der Waals surface area contributed by atoms with Gasteiger partial charge in [0.25, 0.3) is 0 Å². The Morgan fingerprint density at radius 1 is 1.05 bits per heavy atom. The number of rotatable bonds is 6. The summed E-state index contributed by atoms with van der Waals surface area (Å²) in [5.41, 5.74) is 1.78. The van der Waals surface area contributed by atoms with Crippen LogP contribution in [0.25, 0.3) is 10.9 Å². The highest BCUT2D eigenvalue weighted by atomic mass is 16.5. The van der Waals surface area contributed by atoms with Crippen molar-refractivity contribution in [1.82, 2.24) is 15.0 Å². The molecular weight excluding hydrogens is 278 g/mol. The standard InChI is InChI=1S/C16H17N5O/c1-22-11-10-18-15-13-4-2-3-5-14(13)20-16(21-15)19-12-6-8-17-9-7-12/h2-9H,10-11H2,1H3,(H2,17,18,19,20,21). The van der Waals surface area contributed by atoms with Gasteiger partial charge in [0, 0.05) is 37.1 Å². The fourth-order valence-corrected chi connectivity index (χ4v) is 2.10. The summed E-state index contributed by atoms with van der Waals surface area (Å²) >= 11 is 0. The van der Waals surface area contributed by atoms with Crippen LogP contribution in [-0.2, 0) is 4.74 Å². The van der Waals surface area contributed by atoms with Crippen LogP contribution in [0.15, 0.2) is 48.8 Å². The lowest BCUT2D eigenvalue weighted by Gasteiger charge is -2.11. The first-order valence-electron chi connectivity index (χ1n) is 7.03. The molecule has 22 heavy (non-hydrogen) atoms. The monoisotopic (exact) mass is 295 g/mol. The Morgan fingerprint density at radius 3 is 2.68 bits per heavy atom. The number of fused-ring (bicyclic) bond motifs is 1. The Balaban J connectivity index is 1.93. The molecule has 0 bridgehead atoms. The summed E-state index contributed by atoms with van der Waals surface area (Å²) in [6.07, 6.45) is 3.45. The second kappa shape index (κ2) is 6.82. The highest BCUT2D eigenvalue weighted by Crippen LogP contribution is 2.23. The van der Waals surface area contributed by atoms with Crippen LogP contribution in [0.2, 0.25) is 0 Å². The maximum Gasteiger partial charge on any atom is 0.229 e. The molecule has 2 heterocycles. The van der Waals surface area contributed by atoms with E-state index in [-0.39, 0.29) is 0 Å². The minimum atomic E-state index is 0.546. The van der Waals surface area contributed by atoms with E-state index >= 15 is 0 Å². The van der Waals surface area contributed by atoms with Crippen molar-refractivity contribution in [2.45, 2.75) is 0 Å². The van der Waals surface area contributed by atoms with Crippen molar-refractivity contribution >= 4 is 28.4 Å². The molecule has 6 nitrogen and oxygen atoms in total. The number of methoxy groups -OCH3 is 1. The quantitative estimate of drug-likeness (QED) is 0.681. The molecule has 2 aromatic heterocycles.